The number of hydrogen-bond donors (Lipinski definition) is 1. The number of ether oxygens (including phenoxy) is 1. The van der Waals surface area contributed by atoms with Crippen molar-refractivity contribution in [1.82, 2.24) is 14.5 Å². The number of aromatic amines is 1. The van der Waals surface area contributed by atoms with Gasteiger partial charge in [-0.3, -0.25) is 24.3 Å². The molecular formula is C21H18N4O5S. The fourth-order valence-corrected chi connectivity index (χ4v) is 4.16. The predicted octanol–water partition coefficient (Wildman–Crippen LogP) is 3.82. The molecule has 0 aliphatic carbocycles. The molecule has 10 heteroatoms. The Morgan fingerprint density at radius 2 is 1.97 bits per heavy atom. The second-order valence-corrected chi connectivity index (χ2v) is 8.02. The molecule has 9 nitrogen and oxygen atoms in total. The van der Waals surface area contributed by atoms with Crippen LogP contribution in [0.4, 0.5) is 5.69 Å². The molecule has 0 radical (unpaired) electrons. The van der Waals surface area contributed by atoms with Crippen LogP contribution in [-0.2, 0) is 9.53 Å². The van der Waals surface area contributed by atoms with Gasteiger partial charge in [-0.05, 0) is 32.0 Å². The average Bonchev–Trinajstić information content (AvgIpc) is 3.13. The number of nitro benzene ring substituents is 1. The first kappa shape index (κ1) is 20.6. The highest BCUT2D eigenvalue weighted by atomic mass is 32.2. The minimum atomic E-state index is -0.612. The van der Waals surface area contributed by atoms with E-state index in [1.54, 1.807) is 13.8 Å². The number of nitrogens with zero attached hydrogens (tertiary/aromatic N) is 3. The number of thioether (sulfide) groups is 1. The third-order valence-corrected chi connectivity index (χ3v) is 5.74. The number of non-ortho nitro benzene ring substituents is 1. The summed E-state index contributed by atoms with van der Waals surface area (Å²) in [6.07, 6.45) is 0. The first-order valence-corrected chi connectivity index (χ1v) is 10.4. The molecule has 0 amide bonds. The number of carbonyl (C=O) groups is 1. The van der Waals surface area contributed by atoms with Crippen molar-refractivity contribution in [2.24, 2.45) is 0 Å². The van der Waals surface area contributed by atoms with Gasteiger partial charge in [-0.15, -0.1) is 0 Å². The molecule has 0 unspecified atom stereocenters. The van der Waals surface area contributed by atoms with Crippen molar-refractivity contribution < 1.29 is 14.5 Å². The van der Waals surface area contributed by atoms with Crippen LogP contribution in [-0.4, -0.2) is 37.3 Å². The molecule has 0 bridgehead atoms. The van der Waals surface area contributed by atoms with Crippen molar-refractivity contribution in [1.29, 1.82) is 0 Å². The summed E-state index contributed by atoms with van der Waals surface area (Å²) in [5, 5.41) is 11.5. The highest BCUT2D eigenvalue weighted by molar-refractivity contribution is 8.00. The number of benzene rings is 2. The Hall–Kier alpha value is -3.66. The van der Waals surface area contributed by atoms with Crippen molar-refractivity contribution >= 4 is 45.4 Å². The summed E-state index contributed by atoms with van der Waals surface area (Å²) in [5.41, 5.74) is 1.52. The highest BCUT2D eigenvalue weighted by Crippen LogP contribution is 2.29. The second-order valence-electron chi connectivity index (χ2n) is 6.71. The van der Waals surface area contributed by atoms with Crippen LogP contribution in [0, 0.1) is 10.1 Å². The van der Waals surface area contributed by atoms with E-state index in [4.69, 9.17) is 9.72 Å². The third-order valence-electron chi connectivity index (χ3n) is 4.71. The zero-order chi connectivity index (χ0) is 22.1. The van der Waals surface area contributed by atoms with Crippen molar-refractivity contribution in [2.45, 2.75) is 24.3 Å². The Morgan fingerprint density at radius 1 is 1.26 bits per heavy atom. The van der Waals surface area contributed by atoms with E-state index in [2.05, 4.69) is 4.98 Å². The van der Waals surface area contributed by atoms with Crippen molar-refractivity contribution in [3.63, 3.8) is 0 Å². The molecule has 2 heterocycles. The molecule has 158 valence electrons. The topological polar surface area (TPSA) is 120 Å². The maximum atomic E-state index is 13.4. The van der Waals surface area contributed by atoms with E-state index in [0.29, 0.717) is 16.7 Å². The van der Waals surface area contributed by atoms with Crippen LogP contribution in [0.5, 0.6) is 0 Å². The molecule has 0 fully saturated rings. The fourth-order valence-electron chi connectivity index (χ4n) is 3.24. The molecule has 31 heavy (non-hydrogen) atoms. The monoisotopic (exact) mass is 438 g/mol. The van der Waals surface area contributed by atoms with Crippen LogP contribution < -0.4 is 5.56 Å². The lowest BCUT2D eigenvalue weighted by molar-refractivity contribution is -0.384. The number of rotatable bonds is 6. The summed E-state index contributed by atoms with van der Waals surface area (Å²) < 4.78 is 6.43. The summed E-state index contributed by atoms with van der Waals surface area (Å²) in [5.74, 6) is -0.420. The summed E-state index contributed by atoms with van der Waals surface area (Å²) in [6.45, 7) is 3.64. The zero-order valence-electron chi connectivity index (χ0n) is 16.7. The third kappa shape index (κ3) is 3.77. The molecule has 0 saturated carbocycles. The van der Waals surface area contributed by atoms with E-state index in [9.17, 15) is 19.7 Å². The summed E-state index contributed by atoms with van der Waals surface area (Å²) in [4.78, 5) is 43.9. The summed E-state index contributed by atoms with van der Waals surface area (Å²) >= 11 is 1.09. The predicted molar refractivity (Wildman–Crippen MR) is 118 cm³/mol. The smallest absolute Gasteiger partial charge is 0.319 e. The van der Waals surface area contributed by atoms with Crippen molar-refractivity contribution in [3.8, 4) is 5.69 Å². The van der Waals surface area contributed by atoms with Gasteiger partial charge >= 0.3 is 5.97 Å². The van der Waals surface area contributed by atoms with Gasteiger partial charge < -0.3 is 9.72 Å². The molecular weight excluding hydrogens is 420 g/mol. The maximum absolute atomic E-state index is 13.4. The van der Waals surface area contributed by atoms with Gasteiger partial charge in [0.25, 0.3) is 11.2 Å². The van der Waals surface area contributed by atoms with Gasteiger partial charge in [0.2, 0.25) is 0 Å². The normalized spacial score (nSPS) is 12.2. The molecule has 0 saturated heterocycles. The standard InChI is InChI=1S/C21H18N4O5S/c1-3-30-20(27)12(2)31-21-23-17-15-6-4-5-7-16(15)22-18(17)19(26)24(21)13-8-10-14(11-9-13)25(28)29/h4-12,22H,3H2,1-2H3/t12-/m1/s1. The number of hydrogen-bond acceptors (Lipinski definition) is 7. The lowest BCUT2D eigenvalue weighted by Crippen LogP contribution is -2.24. The van der Waals surface area contributed by atoms with Crippen LogP contribution in [0.25, 0.3) is 27.6 Å². The lowest BCUT2D eigenvalue weighted by Gasteiger charge is -2.15. The Kier molecular flexibility index (Phi) is 5.47. The number of fused-ring (bicyclic) bond motifs is 3. The van der Waals surface area contributed by atoms with Crippen LogP contribution in [0.3, 0.4) is 0 Å². The molecule has 2 aromatic carbocycles. The minimum absolute atomic E-state index is 0.0921. The molecule has 4 rings (SSSR count). The number of carbonyl (C=O) groups excluding carboxylic acids is 1. The Labute approximate surface area is 180 Å². The van der Waals surface area contributed by atoms with Gasteiger partial charge in [0, 0.05) is 23.0 Å². The van der Waals surface area contributed by atoms with Gasteiger partial charge in [-0.2, -0.15) is 0 Å². The average molecular weight is 438 g/mol. The molecule has 0 spiro atoms. The number of nitro groups is 1. The van der Waals surface area contributed by atoms with E-state index in [1.807, 2.05) is 24.3 Å². The molecule has 1 atom stereocenters. The Balaban J connectivity index is 1.94. The van der Waals surface area contributed by atoms with Crippen molar-refractivity contribution in [2.75, 3.05) is 6.61 Å². The molecule has 0 aliphatic heterocycles. The van der Waals surface area contributed by atoms with E-state index in [-0.39, 0.29) is 23.0 Å². The maximum Gasteiger partial charge on any atom is 0.319 e. The zero-order valence-corrected chi connectivity index (χ0v) is 17.5. The summed E-state index contributed by atoms with van der Waals surface area (Å²) in [6, 6.07) is 13.0. The quantitative estimate of drug-likeness (QED) is 0.160. The first-order chi connectivity index (χ1) is 14.9. The Bertz CT molecular complexity index is 1360. The van der Waals surface area contributed by atoms with Crippen LogP contribution in [0.1, 0.15) is 13.8 Å². The Morgan fingerprint density at radius 3 is 2.65 bits per heavy atom. The molecule has 0 aliphatic rings. The van der Waals surface area contributed by atoms with Crippen LogP contribution in [0.2, 0.25) is 0 Å². The van der Waals surface area contributed by atoms with E-state index < -0.39 is 16.1 Å². The van der Waals surface area contributed by atoms with Gasteiger partial charge in [0.15, 0.2) is 5.16 Å². The fraction of sp³-hybridized carbons (Fsp3) is 0.190. The molecule has 1 N–H and O–H groups in total. The number of H-pyrrole nitrogens is 1. The number of nitrogens with one attached hydrogen (secondary N) is 1. The number of esters is 1. The van der Waals surface area contributed by atoms with Gasteiger partial charge in [-0.1, -0.05) is 30.0 Å². The number of para-hydroxylation sites is 1. The van der Waals surface area contributed by atoms with Gasteiger partial charge in [0.05, 0.1) is 17.2 Å². The van der Waals surface area contributed by atoms with E-state index >= 15 is 0 Å². The molecule has 4 aromatic rings. The second kappa shape index (κ2) is 8.23. The number of aromatic nitrogens is 3. The van der Waals surface area contributed by atoms with Gasteiger partial charge in [-0.25, -0.2) is 4.98 Å². The largest absolute Gasteiger partial charge is 0.465 e. The SMILES string of the molecule is CCOC(=O)[C@@H](C)Sc1nc2c([nH]c3ccccc32)c(=O)n1-c1ccc([N+](=O)[O-])cc1. The van der Waals surface area contributed by atoms with Gasteiger partial charge in [0.1, 0.15) is 16.3 Å². The summed E-state index contributed by atoms with van der Waals surface area (Å²) in [7, 11) is 0. The minimum Gasteiger partial charge on any atom is -0.465 e. The van der Waals surface area contributed by atoms with E-state index in [0.717, 1.165) is 22.7 Å². The van der Waals surface area contributed by atoms with Crippen molar-refractivity contribution in [3.05, 3.63) is 69.0 Å². The molecule has 2 aromatic heterocycles. The van der Waals surface area contributed by atoms with Crippen LogP contribution in [0.15, 0.2) is 58.5 Å². The van der Waals surface area contributed by atoms with Crippen LogP contribution >= 0.6 is 11.8 Å². The highest BCUT2D eigenvalue weighted by Gasteiger charge is 2.23. The lowest BCUT2D eigenvalue weighted by atomic mass is 10.2. The van der Waals surface area contributed by atoms with E-state index in [1.165, 1.54) is 28.8 Å². The first-order valence-electron chi connectivity index (χ1n) is 9.52.